The number of benzene rings is 2. The molecule has 0 spiro atoms. The van der Waals surface area contributed by atoms with Crippen LogP contribution in [-0.2, 0) is 47.2 Å². The fraction of sp³-hybridized carbons (Fsp3) is 0.571. The summed E-state index contributed by atoms with van der Waals surface area (Å²) in [6.07, 6.45) is 8.00. The van der Waals surface area contributed by atoms with E-state index >= 15 is 0 Å². The Bertz CT molecular complexity index is 2170. The van der Waals surface area contributed by atoms with Crippen LogP contribution in [0.1, 0.15) is 98.1 Å². The molecule has 0 radical (unpaired) electrons. The molecule has 14 nitrogen and oxygen atoms in total. The SMILES string of the molecule is CC(C)C[C@@H](/C=C/C(=O)N1CCc2ccccc21)CC(=O)[C@@H]1C[C@H](F)CN1.CC(C)C[C@@H](/C=C/C(=O)N1CCc2ccccc21)CC(=O)[C@@H]1C[C@H](F)CN1C(=O)OC(C)(C)C.O=S(=O)(O)O. The molecular formula is C49H68F2N4O10S. The predicted molar refractivity (Wildman–Crippen MR) is 250 cm³/mol. The molecule has 0 saturated carbocycles. The zero-order chi connectivity index (χ0) is 48.9. The van der Waals surface area contributed by atoms with Gasteiger partial charge in [0.05, 0.1) is 18.6 Å². The Hall–Kier alpha value is -4.84. The summed E-state index contributed by atoms with van der Waals surface area (Å²) in [5, 5.41) is 2.96. The minimum Gasteiger partial charge on any atom is -0.444 e. The number of anilines is 2. The monoisotopic (exact) mass is 942 g/mol. The van der Waals surface area contributed by atoms with Gasteiger partial charge in [-0.3, -0.25) is 33.2 Å². The van der Waals surface area contributed by atoms with E-state index in [1.807, 2.05) is 48.5 Å². The minimum atomic E-state index is -4.67. The number of likely N-dealkylation sites (tertiary alicyclic amines) is 1. The van der Waals surface area contributed by atoms with Gasteiger partial charge < -0.3 is 19.9 Å². The van der Waals surface area contributed by atoms with Gasteiger partial charge in [-0.15, -0.1) is 0 Å². The van der Waals surface area contributed by atoms with Crippen molar-refractivity contribution in [3.8, 4) is 0 Å². The van der Waals surface area contributed by atoms with Crippen LogP contribution in [0, 0.1) is 23.7 Å². The van der Waals surface area contributed by atoms with E-state index < -0.39 is 40.5 Å². The van der Waals surface area contributed by atoms with Crippen LogP contribution in [0.2, 0.25) is 0 Å². The second-order valence-electron chi connectivity index (χ2n) is 19.3. The lowest BCUT2D eigenvalue weighted by Gasteiger charge is -2.28. The first-order chi connectivity index (χ1) is 30.9. The summed E-state index contributed by atoms with van der Waals surface area (Å²) in [4.78, 5) is 68.6. The van der Waals surface area contributed by atoms with Crippen LogP contribution < -0.4 is 15.1 Å². The molecule has 4 aliphatic rings. The van der Waals surface area contributed by atoms with Crippen LogP contribution in [0.3, 0.4) is 0 Å². The molecule has 4 aliphatic heterocycles. The second-order valence-corrected chi connectivity index (χ2v) is 20.2. The molecule has 2 aromatic rings. The summed E-state index contributed by atoms with van der Waals surface area (Å²) in [6.45, 7) is 15.0. The molecule has 66 heavy (non-hydrogen) atoms. The smallest absolute Gasteiger partial charge is 0.411 e. The van der Waals surface area contributed by atoms with Gasteiger partial charge in [0.2, 0.25) is 0 Å². The number of Topliss-reactive ketones (excluding diaryl/α,β-unsaturated/α-hetero) is 2. The number of nitrogens with zero attached hydrogens (tertiary/aromatic N) is 3. The van der Waals surface area contributed by atoms with Crippen molar-refractivity contribution in [1.82, 2.24) is 10.2 Å². The van der Waals surface area contributed by atoms with Crippen molar-refractivity contribution in [3.05, 3.63) is 84.0 Å². The van der Waals surface area contributed by atoms with E-state index in [4.69, 9.17) is 22.3 Å². The molecule has 2 saturated heterocycles. The van der Waals surface area contributed by atoms with E-state index in [0.717, 1.165) is 36.2 Å². The number of carbonyl (C=O) groups is 5. The predicted octanol–water partition coefficient (Wildman–Crippen LogP) is 7.90. The lowest BCUT2D eigenvalue weighted by Crippen LogP contribution is -2.43. The molecular weight excluding hydrogens is 875 g/mol. The average molecular weight is 943 g/mol. The summed E-state index contributed by atoms with van der Waals surface area (Å²) in [6, 6.07) is 14.6. The second kappa shape index (κ2) is 24.3. The number of ketones is 2. The van der Waals surface area contributed by atoms with Crippen LogP contribution >= 0.6 is 0 Å². The zero-order valence-electron chi connectivity index (χ0n) is 39.2. The summed E-state index contributed by atoms with van der Waals surface area (Å²) in [5.74, 6) is 0.262. The fourth-order valence-electron chi connectivity index (χ4n) is 8.77. The number of hydrogen-bond acceptors (Lipinski definition) is 9. The normalized spacial score (nSPS) is 21.3. The number of allylic oxidation sites excluding steroid dienone is 2. The molecule has 364 valence electrons. The van der Waals surface area contributed by atoms with E-state index in [9.17, 15) is 32.8 Å². The molecule has 6 atom stereocenters. The van der Waals surface area contributed by atoms with Gasteiger partial charge in [-0.05, 0) is 106 Å². The minimum absolute atomic E-state index is 0.000224. The average Bonchev–Trinajstić information content (AvgIpc) is 4.03. The van der Waals surface area contributed by atoms with Crippen molar-refractivity contribution >= 4 is 51.2 Å². The van der Waals surface area contributed by atoms with E-state index in [2.05, 4.69) is 39.1 Å². The molecule has 0 unspecified atom stereocenters. The van der Waals surface area contributed by atoms with Crippen molar-refractivity contribution in [2.45, 2.75) is 130 Å². The van der Waals surface area contributed by atoms with E-state index in [1.165, 1.54) is 10.5 Å². The lowest BCUT2D eigenvalue weighted by atomic mass is 9.89. The van der Waals surface area contributed by atoms with Gasteiger partial charge in [-0.25, -0.2) is 13.6 Å². The quantitative estimate of drug-likeness (QED) is 0.123. The van der Waals surface area contributed by atoms with Gasteiger partial charge in [0.15, 0.2) is 5.78 Å². The first-order valence-corrected chi connectivity index (χ1v) is 24.2. The van der Waals surface area contributed by atoms with Crippen molar-refractivity contribution < 1.29 is 55.0 Å². The van der Waals surface area contributed by atoms with Crippen LogP contribution in [0.4, 0.5) is 25.0 Å². The van der Waals surface area contributed by atoms with Crippen LogP contribution in [0.5, 0.6) is 0 Å². The number of carbonyl (C=O) groups excluding carboxylic acids is 5. The van der Waals surface area contributed by atoms with Crippen molar-refractivity contribution in [2.24, 2.45) is 23.7 Å². The number of rotatable bonds is 14. The highest BCUT2D eigenvalue weighted by Gasteiger charge is 2.42. The topological polar surface area (TPSA) is 191 Å². The highest BCUT2D eigenvalue weighted by Crippen LogP contribution is 2.31. The maximum atomic E-state index is 14.2. The standard InChI is InChI=1S/C27H37FN2O4.C22H29FN2O2.H2O4S/c1-18(2)14-19(10-11-25(32)29-13-12-20-8-6-7-9-22(20)29)15-24(31)23-16-21(28)17-30(23)26(33)34-27(3,4)5;1-15(2)11-16(12-21(26)19-13-18(23)14-24-19)7-8-22(27)25-10-9-17-5-3-4-6-20(17)25;1-5(2,3)4/h6-11,18-19,21,23H,12-17H2,1-5H3;3-8,15-16,18-19,24H,9-14H2,1-2H3;(H2,1,2,3,4)/b11-10+;8-7+;/t19-,21+,23+;16-,18+,19+;/m11./s1. The Morgan fingerprint density at radius 2 is 1.21 bits per heavy atom. The maximum absolute atomic E-state index is 14.2. The summed E-state index contributed by atoms with van der Waals surface area (Å²) < 4.78 is 64.5. The van der Waals surface area contributed by atoms with Crippen molar-refractivity contribution in [1.29, 1.82) is 0 Å². The van der Waals surface area contributed by atoms with E-state index in [-0.39, 0.29) is 73.6 Å². The summed E-state index contributed by atoms with van der Waals surface area (Å²) >= 11 is 0. The van der Waals surface area contributed by atoms with Gasteiger partial charge >= 0.3 is 16.5 Å². The molecule has 0 aromatic heterocycles. The highest BCUT2D eigenvalue weighted by molar-refractivity contribution is 7.79. The summed E-state index contributed by atoms with van der Waals surface area (Å²) in [7, 11) is -4.67. The van der Waals surface area contributed by atoms with E-state index in [0.29, 0.717) is 37.8 Å². The van der Waals surface area contributed by atoms with Gasteiger partial charge in [0, 0.05) is 56.7 Å². The molecule has 0 bridgehead atoms. The first-order valence-electron chi connectivity index (χ1n) is 22.8. The third-order valence-electron chi connectivity index (χ3n) is 11.5. The number of fused-ring (bicyclic) bond motifs is 2. The van der Waals surface area contributed by atoms with Crippen molar-refractivity contribution in [3.63, 3.8) is 0 Å². The molecule has 2 aromatic carbocycles. The Morgan fingerprint density at radius 1 is 0.758 bits per heavy atom. The Balaban J connectivity index is 0.000000267. The number of halogens is 2. The molecule has 4 heterocycles. The molecule has 6 rings (SSSR count). The largest absolute Gasteiger partial charge is 0.444 e. The van der Waals surface area contributed by atoms with Crippen LogP contribution in [0.15, 0.2) is 72.8 Å². The number of para-hydroxylation sites is 2. The van der Waals surface area contributed by atoms with Gasteiger partial charge in [0.1, 0.15) is 23.7 Å². The number of ether oxygens (including phenoxy) is 1. The Labute approximate surface area is 388 Å². The number of alkyl halides is 2. The summed E-state index contributed by atoms with van der Waals surface area (Å²) in [5.41, 5.74) is 3.54. The van der Waals surface area contributed by atoms with Gasteiger partial charge in [-0.2, -0.15) is 8.42 Å². The Morgan fingerprint density at radius 3 is 1.64 bits per heavy atom. The van der Waals surface area contributed by atoms with Crippen molar-refractivity contribution in [2.75, 3.05) is 36.0 Å². The molecule has 0 aliphatic carbocycles. The van der Waals surface area contributed by atoms with Gasteiger partial charge in [-0.1, -0.05) is 76.2 Å². The molecule has 3 N–H and O–H groups in total. The van der Waals surface area contributed by atoms with Crippen LogP contribution in [-0.4, -0.2) is 108 Å². The fourth-order valence-corrected chi connectivity index (χ4v) is 8.77. The third kappa shape index (κ3) is 17.4. The first kappa shape index (κ1) is 53.8. The lowest BCUT2D eigenvalue weighted by molar-refractivity contribution is -0.124. The molecule has 2 fully saturated rings. The Kier molecular flexibility index (Phi) is 19.8. The molecule has 17 heteroatoms. The zero-order valence-corrected chi connectivity index (χ0v) is 40.0. The third-order valence-corrected chi connectivity index (χ3v) is 11.5. The number of amides is 3. The maximum Gasteiger partial charge on any atom is 0.411 e. The van der Waals surface area contributed by atoms with Crippen LogP contribution in [0.25, 0.3) is 0 Å². The number of hydrogen-bond donors (Lipinski definition) is 3. The van der Waals surface area contributed by atoms with Gasteiger partial charge in [0.25, 0.3) is 11.8 Å². The highest BCUT2D eigenvalue weighted by atomic mass is 32.3. The molecule has 3 amide bonds. The number of nitrogens with one attached hydrogen (secondary N) is 1. The van der Waals surface area contributed by atoms with E-state index in [1.54, 1.807) is 48.8 Å².